The molecule has 0 atom stereocenters. The molecule has 90 valence electrons. The summed E-state index contributed by atoms with van der Waals surface area (Å²) in [6.45, 7) is 1.37. The zero-order valence-electron chi connectivity index (χ0n) is 9.44. The van der Waals surface area contributed by atoms with E-state index in [-0.39, 0.29) is 11.6 Å². The number of rotatable bonds is 5. The first kappa shape index (κ1) is 12.0. The van der Waals surface area contributed by atoms with Crippen molar-refractivity contribution >= 4 is 11.3 Å². The third-order valence-electron chi connectivity index (χ3n) is 2.33. The van der Waals surface area contributed by atoms with Crippen molar-refractivity contribution in [2.24, 2.45) is 0 Å². The quantitative estimate of drug-likeness (QED) is 0.888. The van der Waals surface area contributed by atoms with Gasteiger partial charge in [0.05, 0.1) is 12.6 Å². The van der Waals surface area contributed by atoms with Gasteiger partial charge >= 0.3 is 0 Å². The molecule has 1 N–H and O–H groups in total. The first-order valence-corrected chi connectivity index (χ1v) is 6.08. The molecule has 0 aliphatic rings. The van der Waals surface area contributed by atoms with E-state index in [4.69, 9.17) is 4.74 Å². The maximum atomic E-state index is 13.4. The molecule has 0 amide bonds. The molecule has 0 saturated carbocycles. The van der Waals surface area contributed by atoms with E-state index < -0.39 is 0 Å². The smallest absolute Gasteiger partial charge is 0.165 e. The van der Waals surface area contributed by atoms with E-state index in [1.807, 2.05) is 12.3 Å². The average molecular weight is 252 g/mol. The predicted molar refractivity (Wildman–Crippen MR) is 65.6 cm³/mol. The van der Waals surface area contributed by atoms with Gasteiger partial charge in [-0.1, -0.05) is 6.07 Å². The van der Waals surface area contributed by atoms with Crippen LogP contribution in [0.4, 0.5) is 4.39 Å². The number of hydrogen-bond acceptors (Lipinski definition) is 4. The first-order valence-electron chi connectivity index (χ1n) is 5.20. The summed E-state index contributed by atoms with van der Waals surface area (Å²) in [5, 5.41) is 3.23. The zero-order chi connectivity index (χ0) is 12.1. The lowest BCUT2D eigenvalue weighted by molar-refractivity contribution is 0.386. The van der Waals surface area contributed by atoms with Gasteiger partial charge in [-0.15, -0.1) is 11.3 Å². The predicted octanol–water partition coefficient (Wildman–Crippen LogP) is 2.58. The lowest BCUT2D eigenvalue weighted by atomic mass is 10.2. The van der Waals surface area contributed by atoms with E-state index in [1.165, 1.54) is 18.1 Å². The molecule has 1 aromatic carbocycles. The molecule has 1 aromatic heterocycles. The second-order valence-corrected chi connectivity index (χ2v) is 4.51. The van der Waals surface area contributed by atoms with Crippen molar-refractivity contribution in [3.8, 4) is 5.75 Å². The third-order valence-corrected chi connectivity index (χ3v) is 3.11. The van der Waals surface area contributed by atoms with Gasteiger partial charge in [-0.3, -0.25) is 4.98 Å². The van der Waals surface area contributed by atoms with E-state index in [0.717, 1.165) is 12.1 Å². The summed E-state index contributed by atoms with van der Waals surface area (Å²) < 4.78 is 18.3. The highest BCUT2D eigenvalue weighted by Crippen LogP contribution is 2.17. The summed E-state index contributed by atoms with van der Waals surface area (Å²) >= 11 is 1.60. The molecule has 5 heteroatoms. The Morgan fingerprint density at radius 2 is 2.29 bits per heavy atom. The largest absolute Gasteiger partial charge is 0.494 e. The highest BCUT2D eigenvalue weighted by molar-refractivity contribution is 7.09. The first-order chi connectivity index (χ1) is 8.29. The van der Waals surface area contributed by atoms with E-state index >= 15 is 0 Å². The van der Waals surface area contributed by atoms with Crippen LogP contribution in [0, 0.1) is 5.82 Å². The van der Waals surface area contributed by atoms with Crippen LogP contribution in [0.2, 0.25) is 0 Å². The molecule has 1 heterocycles. The Morgan fingerprint density at radius 3 is 2.94 bits per heavy atom. The fourth-order valence-electron chi connectivity index (χ4n) is 1.48. The van der Waals surface area contributed by atoms with Crippen molar-refractivity contribution in [1.82, 2.24) is 10.3 Å². The summed E-state index contributed by atoms with van der Waals surface area (Å²) in [5.41, 5.74) is 2.69. The lowest BCUT2D eigenvalue weighted by Crippen LogP contribution is -2.11. The number of benzene rings is 1. The van der Waals surface area contributed by atoms with Gasteiger partial charge in [0, 0.05) is 24.2 Å². The maximum Gasteiger partial charge on any atom is 0.165 e. The molecule has 0 radical (unpaired) electrons. The number of hydrogen-bond donors (Lipinski definition) is 1. The number of ether oxygens (including phenoxy) is 1. The summed E-state index contributed by atoms with van der Waals surface area (Å²) in [5.74, 6) is -0.0548. The van der Waals surface area contributed by atoms with Crippen molar-refractivity contribution in [3.05, 3.63) is 46.2 Å². The Bertz CT molecular complexity index is 473. The SMILES string of the molecule is COc1ccc(CNCc2cncs2)cc1F. The van der Waals surface area contributed by atoms with Crippen LogP contribution in [-0.4, -0.2) is 12.1 Å². The van der Waals surface area contributed by atoms with Gasteiger partial charge in [-0.2, -0.15) is 0 Å². The topological polar surface area (TPSA) is 34.1 Å². The lowest BCUT2D eigenvalue weighted by Gasteiger charge is -2.06. The van der Waals surface area contributed by atoms with Crippen LogP contribution in [0.15, 0.2) is 29.9 Å². The molecule has 2 aromatic rings. The average Bonchev–Trinajstić information content (AvgIpc) is 2.82. The minimum absolute atomic E-state index is 0.274. The summed E-state index contributed by atoms with van der Waals surface area (Å²) in [4.78, 5) is 5.15. The number of aromatic nitrogens is 1. The van der Waals surface area contributed by atoms with Crippen LogP contribution in [-0.2, 0) is 13.1 Å². The van der Waals surface area contributed by atoms with Gasteiger partial charge in [0.2, 0.25) is 0 Å². The minimum atomic E-state index is -0.329. The Labute approximate surface area is 103 Å². The monoisotopic (exact) mass is 252 g/mol. The molecule has 0 aliphatic heterocycles. The number of nitrogens with one attached hydrogen (secondary N) is 1. The molecule has 0 saturated heterocycles. The second-order valence-electron chi connectivity index (χ2n) is 3.54. The highest BCUT2D eigenvalue weighted by atomic mass is 32.1. The zero-order valence-corrected chi connectivity index (χ0v) is 10.3. The number of halogens is 1. The van der Waals surface area contributed by atoms with Crippen LogP contribution in [0.25, 0.3) is 0 Å². The van der Waals surface area contributed by atoms with Crippen molar-refractivity contribution in [2.75, 3.05) is 7.11 Å². The molecular weight excluding hydrogens is 239 g/mol. The molecule has 0 spiro atoms. The van der Waals surface area contributed by atoms with Crippen molar-refractivity contribution in [3.63, 3.8) is 0 Å². The number of nitrogens with zero attached hydrogens (tertiary/aromatic N) is 1. The third kappa shape index (κ3) is 3.25. The summed E-state index contributed by atoms with van der Waals surface area (Å²) in [6, 6.07) is 4.97. The molecule has 0 unspecified atom stereocenters. The molecule has 2 rings (SSSR count). The Kier molecular flexibility index (Phi) is 4.06. The highest BCUT2D eigenvalue weighted by Gasteiger charge is 2.03. The van der Waals surface area contributed by atoms with Gasteiger partial charge < -0.3 is 10.1 Å². The Morgan fingerprint density at radius 1 is 1.41 bits per heavy atom. The van der Waals surface area contributed by atoms with Gasteiger partial charge in [0.1, 0.15) is 0 Å². The standard InChI is InChI=1S/C12H13FN2OS/c1-16-12-3-2-9(4-11(12)13)5-14-6-10-7-15-8-17-10/h2-4,7-8,14H,5-6H2,1H3. The van der Waals surface area contributed by atoms with E-state index in [0.29, 0.717) is 6.54 Å². The minimum Gasteiger partial charge on any atom is -0.494 e. The van der Waals surface area contributed by atoms with Crippen molar-refractivity contribution < 1.29 is 9.13 Å². The van der Waals surface area contributed by atoms with Crippen LogP contribution >= 0.6 is 11.3 Å². The van der Waals surface area contributed by atoms with Crippen molar-refractivity contribution in [1.29, 1.82) is 0 Å². The van der Waals surface area contributed by atoms with Gasteiger partial charge in [0.25, 0.3) is 0 Å². The molecule has 17 heavy (non-hydrogen) atoms. The number of thiazole rings is 1. The molecular formula is C12H13FN2OS. The van der Waals surface area contributed by atoms with Crippen molar-refractivity contribution in [2.45, 2.75) is 13.1 Å². The fourth-order valence-corrected chi connectivity index (χ4v) is 2.04. The van der Waals surface area contributed by atoms with Gasteiger partial charge in [0.15, 0.2) is 11.6 Å². The number of methoxy groups -OCH3 is 1. The Hall–Kier alpha value is -1.46. The molecule has 0 aliphatic carbocycles. The fraction of sp³-hybridized carbons (Fsp3) is 0.250. The maximum absolute atomic E-state index is 13.4. The van der Waals surface area contributed by atoms with E-state index in [1.54, 1.807) is 22.9 Å². The summed E-state index contributed by atoms with van der Waals surface area (Å²) in [6.07, 6.45) is 1.83. The normalized spacial score (nSPS) is 10.5. The van der Waals surface area contributed by atoms with E-state index in [2.05, 4.69) is 10.3 Å². The van der Waals surface area contributed by atoms with Crippen LogP contribution < -0.4 is 10.1 Å². The molecule has 3 nitrogen and oxygen atoms in total. The molecule has 0 fully saturated rings. The van der Waals surface area contributed by atoms with E-state index in [9.17, 15) is 4.39 Å². The summed E-state index contributed by atoms with van der Waals surface area (Å²) in [7, 11) is 1.46. The second kappa shape index (κ2) is 5.75. The molecule has 0 bridgehead atoms. The van der Waals surface area contributed by atoms with Crippen LogP contribution in [0.5, 0.6) is 5.75 Å². The van der Waals surface area contributed by atoms with Crippen LogP contribution in [0.3, 0.4) is 0 Å². The van der Waals surface area contributed by atoms with Crippen LogP contribution in [0.1, 0.15) is 10.4 Å². The van der Waals surface area contributed by atoms with Gasteiger partial charge in [-0.25, -0.2) is 4.39 Å². The van der Waals surface area contributed by atoms with Gasteiger partial charge in [-0.05, 0) is 17.7 Å². The Balaban J connectivity index is 1.89.